The van der Waals surface area contributed by atoms with Crippen LogP contribution in [0, 0.1) is 11.8 Å². The molecule has 306 valence electrons. The first-order valence-electron chi connectivity index (χ1n) is 20.9. The van der Waals surface area contributed by atoms with Crippen molar-refractivity contribution in [1.29, 1.82) is 0 Å². The topological polar surface area (TPSA) is 177 Å². The van der Waals surface area contributed by atoms with Crippen molar-refractivity contribution in [2.75, 3.05) is 68.7 Å². The van der Waals surface area contributed by atoms with E-state index in [1.165, 1.54) is 0 Å². The number of piperidine rings is 2. The van der Waals surface area contributed by atoms with Gasteiger partial charge in [0.05, 0.1) is 22.3 Å². The molecule has 5 amide bonds. The molecule has 0 spiro atoms. The van der Waals surface area contributed by atoms with E-state index in [-0.39, 0.29) is 29.9 Å². The van der Waals surface area contributed by atoms with E-state index in [0.717, 1.165) is 129 Å². The quantitative estimate of drug-likeness (QED) is 0.224. The summed E-state index contributed by atoms with van der Waals surface area (Å²) in [5, 5.41) is 11.0. The molecule has 1 unspecified atom stereocenters. The fourth-order valence-corrected chi connectivity index (χ4v) is 9.48. The van der Waals surface area contributed by atoms with Crippen LogP contribution in [0.1, 0.15) is 72.6 Å². The molecule has 59 heavy (non-hydrogen) atoms. The first-order valence-corrected chi connectivity index (χ1v) is 20.9. The van der Waals surface area contributed by atoms with E-state index in [9.17, 15) is 24.0 Å². The highest BCUT2D eigenvalue weighted by molar-refractivity contribution is 6.23. The minimum absolute atomic E-state index is 0.0637. The number of aromatic nitrogens is 4. The number of nitrogens with one attached hydrogen (secondary N) is 2. The molecule has 5 aliphatic heterocycles. The summed E-state index contributed by atoms with van der Waals surface area (Å²) in [7, 11) is 0. The van der Waals surface area contributed by atoms with Crippen molar-refractivity contribution in [3.63, 3.8) is 0 Å². The first-order chi connectivity index (χ1) is 28.6. The van der Waals surface area contributed by atoms with E-state index >= 15 is 0 Å². The van der Waals surface area contributed by atoms with Gasteiger partial charge in [-0.2, -0.15) is 5.10 Å². The zero-order chi connectivity index (χ0) is 40.4. The molecular weight excluding hydrogens is 753 g/mol. The molecule has 0 bridgehead atoms. The predicted octanol–water partition coefficient (Wildman–Crippen LogP) is 3.24. The van der Waals surface area contributed by atoms with Crippen molar-refractivity contribution in [1.82, 2.24) is 40.2 Å². The smallest absolute Gasteiger partial charge is 0.262 e. The van der Waals surface area contributed by atoms with E-state index in [0.29, 0.717) is 23.8 Å². The lowest BCUT2D eigenvalue weighted by Crippen LogP contribution is -2.54. The van der Waals surface area contributed by atoms with Crippen molar-refractivity contribution in [2.24, 2.45) is 11.8 Å². The summed E-state index contributed by atoms with van der Waals surface area (Å²) in [6.07, 6.45) is 6.38. The Morgan fingerprint density at radius 1 is 0.814 bits per heavy atom. The Kier molecular flexibility index (Phi) is 9.33. The van der Waals surface area contributed by atoms with Gasteiger partial charge in [0, 0.05) is 88.9 Å². The molecule has 4 saturated heterocycles. The number of benzene rings is 2. The van der Waals surface area contributed by atoms with Crippen LogP contribution >= 0.6 is 0 Å². The number of rotatable bonds is 10. The van der Waals surface area contributed by atoms with Gasteiger partial charge in [0.15, 0.2) is 0 Å². The molecule has 0 radical (unpaired) electrons. The third-order valence-electron chi connectivity index (χ3n) is 13.1. The van der Waals surface area contributed by atoms with Gasteiger partial charge in [-0.05, 0) is 87.3 Å². The summed E-state index contributed by atoms with van der Waals surface area (Å²) in [5.41, 5.74) is 3.86. The predicted molar refractivity (Wildman–Crippen MR) is 217 cm³/mol. The normalized spacial score (nSPS) is 23.7. The third kappa shape index (κ3) is 7.27. The Morgan fingerprint density at radius 3 is 2.39 bits per heavy atom. The molecule has 16 heteroatoms. The number of aromatic amines is 1. The zero-order valence-corrected chi connectivity index (χ0v) is 33.2. The van der Waals surface area contributed by atoms with Gasteiger partial charge >= 0.3 is 0 Å². The van der Waals surface area contributed by atoms with Gasteiger partial charge in [-0.15, -0.1) is 0 Å². The number of anilines is 2. The summed E-state index contributed by atoms with van der Waals surface area (Å²) in [5.74, 6) is 0.640. The van der Waals surface area contributed by atoms with E-state index in [1.54, 1.807) is 18.5 Å². The number of hydrogen-bond donors (Lipinski definition) is 2. The van der Waals surface area contributed by atoms with Gasteiger partial charge in [-0.3, -0.25) is 44.2 Å². The molecule has 10 rings (SSSR count). The lowest BCUT2D eigenvalue weighted by molar-refractivity contribution is -0.136. The SMILES string of the molecule is CC1(Oc2ccc3[nH]nc(-c4cc(N5CCN(C[C@@H]6CC(=O)N(CC7CCN(c8ccc9c(c8)C(=O)N(C8CCC(=O)NC8=O)C9=O)CC7)C6)CC5)ncn4)c3c2)CC1. The van der Waals surface area contributed by atoms with Gasteiger partial charge in [0.25, 0.3) is 11.8 Å². The van der Waals surface area contributed by atoms with Gasteiger partial charge in [-0.1, -0.05) is 0 Å². The van der Waals surface area contributed by atoms with E-state index < -0.39 is 29.7 Å². The second-order valence-corrected chi connectivity index (χ2v) is 17.4. The number of H-pyrrole nitrogens is 1. The number of imide groups is 2. The van der Waals surface area contributed by atoms with Crippen LogP contribution in [0.25, 0.3) is 22.3 Å². The third-order valence-corrected chi connectivity index (χ3v) is 13.1. The van der Waals surface area contributed by atoms with Gasteiger partial charge in [-0.25, -0.2) is 9.97 Å². The summed E-state index contributed by atoms with van der Waals surface area (Å²) < 4.78 is 6.22. The first kappa shape index (κ1) is 37.4. The molecule has 5 fully saturated rings. The number of carbonyl (C=O) groups is 5. The second kappa shape index (κ2) is 14.7. The largest absolute Gasteiger partial charge is 0.488 e. The fraction of sp³-hybridized carbons (Fsp3) is 0.488. The molecule has 2 atom stereocenters. The summed E-state index contributed by atoms with van der Waals surface area (Å²) in [6.45, 7) is 9.59. The molecule has 2 aromatic carbocycles. The molecule has 4 aromatic rings. The summed E-state index contributed by atoms with van der Waals surface area (Å²) in [4.78, 5) is 83.1. The van der Waals surface area contributed by atoms with Crippen LogP contribution < -0.4 is 19.9 Å². The molecule has 1 saturated carbocycles. The van der Waals surface area contributed by atoms with Crippen LogP contribution in [0.4, 0.5) is 11.5 Å². The molecule has 6 aliphatic rings. The van der Waals surface area contributed by atoms with Crippen LogP contribution in [0.3, 0.4) is 0 Å². The Morgan fingerprint density at radius 2 is 1.61 bits per heavy atom. The number of fused-ring (bicyclic) bond motifs is 2. The number of likely N-dealkylation sites (tertiary alicyclic amines) is 1. The highest BCUT2D eigenvalue weighted by Gasteiger charge is 2.45. The van der Waals surface area contributed by atoms with Crippen molar-refractivity contribution < 1.29 is 28.7 Å². The highest BCUT2D eigenvalue weighted by atomic mass is 16.5. The zero-order valence-electron chi connectivity index (χ0n) is 33.2. The summed E-state index contributed by atoms with van der Waals surface area (Å²) >= 11 is 0. The van der Waals surface area contributed by atoms with Gasteiger partial charge in [0.1, 0.15) is 35.2 Å². The molecular formula is C43H48N10O6. The fourth-order valence-electron chi connectivity index (χ4n) is 9.48. The van der Waals surface area contributed by atoms with E-state index in [1.807, 2.05) is 30.3 Å². The average Bonchev–Trinajstić information content (AvgIpc) is 3.52. The Balaban J connectivity index is 0.695. The minimum Gasteiger partial charge on any atom is -0.488 e. The van der Waals surface area contributed by atoms with E-state index in [4.69, 9.17) is 4.74 Å². The molecule has 7 heterocycles. The monoisotopic (exact) mass is 800 g/mol. The molecule has 2 aromatic heterocycles. The number of piperazine rings is 1. The van der Waals surface area contributed by atoms with Crippen LogP contribution in [0.2, 0.25) is 0 Å². The maximum Gasteiger partial charge on any atom is 0.262 e. The minimum atomic E-state index is -0.983. The van der Waals surface area contributed by atoms with E-state index in [2.05, 4.69) is 52.0 Å². The molecule has 2 N–H and O–H groups in total. The van der Waals surface area contributed by atoms with Crippen molar-refractivity contribution in [3.05, 3.63) is 59.9 Å². The second-order valence-electron chi connectivity index (χ2n) is 17.4. The molecule has 16 nitrogen and oxygen atoms in total. The van der Waals surface area contributed by atoms with Gasteiger partial charge in [0.2, 0.25) is 17.7 Å². The number of amides is 5. The Labute approximate surface area is 341 Å². The van der Waals surface area contributed by atoms with Crippen LogP contribution in [-0.4, -0.2) is 135 Å². The number of nitrogens with zero attached hydrogens (tertiary/aromatic N) is 8. The van der Waals surface area contributed by atoms with Crippen molar-refractivity contribution >= 4 is 51.9 Å². The average molecular weight is 801 g/mol. The number of carbonyl (C=O) groups excluding carboxylic acids is 5. The van der Waals surface area contributed by atoms with Crippen molar-refractivity contribution in [2.45, 2.75) is 63.5 Å². The van der Waals surface area contributed by atoms with Crippen LogP contribution in [0.15, 0.2) is 48.8 Å². The number of hydrogen-bond acceptors (Lipinski definition) is 12. The number of ether oxygens (including phenoxy) is 1. The lowest BCUT2D eigenvalue weighted by Gasteiger charge is -2.37. The maximum atomic E-state index is 13.4. The Bertz CT molecular complexity index is 2360. The van der Waals surface area contributed by atoms with Gasteiger partial charge < -0.3 is 19.4 Å². The lowest BCUT2D eigenvalue weighted by atomic mass is 9.95. The van der Waals surface area contributed by atoms with Crippen molar-refractivity contribution in [3.8, 4) is 17.1 Å². The molecule has 1 aliphatic carbocycles. The van der Waals surface area contributed by atoms with Crippen LogP contribution in [0.5, 0.6) is 5.75 Å². The highest BCUT2D eigenvalue weighted by Crippen LogP contribution is 2.41. The van der Waals surface area contributed by atoms with Crippen LogP contribution in [-0.2, 0) is 14.4 Å². The Hall–Kier alpha value is -5.90. The standard InChI is InChI=1S/C43H48N10O6/c1-43(10-11-43)59-29-3-5-33-32(20-29)39(48-47-33)34-21-36(45-25-44-34)51-16-14-49(15-17-51)22-27-18-38(55)52(24-27)23-26-8-12-50(13-9-26)28-2-4-30-31(19-28)42(58)53(41(30)57)35-6-7-37(54)46-40(35)56/h2-5,19-21,25-27,35H,6-18,22-24H2,1H3,(H,47,48)(H,46,54,56)/t27-,35?/m0/s1. The maximum absolute atomic E-state index is 13.4. The summed E-state index contributed by atoms with van der Waals surface area (Å²) in [6, 6.07) is 12.4.